The zero-order valence-corrected chi connectivity index (χ0v) is 15.4. The zero-order chi connectivity index (χ0) is 18.7. The molecule has 0 aliphatic carbocycles. The van der Waals surface area contributed by atoms with E-state index in [1.807, 2.05) is 52.0 Å². The van der Waals surface area contributed by atoms with Gasteiger partial charge in [0.05, 0.1) is 6.20 Å². The van der Waals surface area contributed by atoms with E-state index < -0.39 is 5.60 Å². The fourth-order valence-electron chi connectivity index (χ4n) is 2.47. The van der Waals surface area contributed by atoms with Crippen LogP contribution in [-0.2, 0) is 16.0 Å². The van der Waals surface area contributed by atoms with Gasteiger partial charge >= 0.3 is 12.0 Å². The monoisotopic (exact) mass is 354 g/mol. The number of hydrogen-bond acceptors (Lipinski definition) is 6. The summed E-state index contributed by atoms with van der Waals surface area (Å²) in [6.07, 6.45) is 2.53. The van der Waals surface area contributed by atoms with E-state index in [1.165, 1.54) is 0 Å². The molecule has 7 heteroatoms. The smallest absolute Gasteiger partial charge is 0.324 e. The maximum Gasteiger partial charge on any atom is 0.324 e. The maximum absolute atomic E-state index is 11.9. The van der Waals surface area contributed by atoms with Gasteiger partial charge in [0.1, 0.15) is 22.7 Å². The van der Waals surface area contributed by atoms with Gasteiger partial charge in [0, 0.05) is 6.42 Å². The molecule has 1 N–H and O–H groups in total. The van der Waals surface area contributed by atoms with Crippen LogP contribution in [0.15, 0.2) is 30.5 Å². The minimum absolute atomic E-state index is 0.216. The van der Waals surface area contributed by atoms with Crippen LogP contribution in [0.1, 0.15) is 38.6 Å². The molecule has 7 nitrogen and oxygen atoms in total. The van der Waals surface area contributed by atoms with Crippen LogP contribution in [-0.4, -0.2) is 31.5 Å². The average Bonchev–Trinajstić information content (AvgIpc) is 2.91. The number of ether oxygens (including phenoxy) is 2. The largest absolute Gasteiger partial charge is 0.460 e. The van der Waals surface area contributed by atoms with Crippen LogP contribution >= 0.6 is 0 Å². The Morgan fingerprint density at radius 1 is 1.23 bits per heavy atom. The number of benzene rings is 1. The number of esters is 1. The van der Waals surface area contributed by atoms with Crippen LogP contribution < -0.4 is 4.74 Å². The summed E-state index contributed by atoms with van der Waals surface area (Å²) in [5.41, 5.74) is 1.84. The highest BCUT2D eigenvalue weighted by molar-refractivity contribution is 5.70. The number of H-pyrrole nitrogens is 1. The van der Waals surface area contributed by atoms with Gasteiger partial charge in [0.15, 0.2) is 5.65 Å². The summed E-state index contributed by atoms with van der Waals surface area (Å²) < 4.78 is 11.1. The summed E-state index contributed by atoms with van der Waals surface area (Å²) in [6.45, 7) is 7.43. The lowest BCUT2D eigenvalue weighted by Crippen LogP contribution is -2.24. The van der Waals surface area contributed by atoms with Crippen molar-refractivity contribution < 1.29 is 14.3 Å². The highest BCUT2D eigenvalue weighted by Gasteiger charge is 2.16. The Hall–Kier alpha value is -2.96. The van der Waals surface area contributed by atoms with Crippen molar-refractivity contribution in [1.82, 2.24) is 19.9 Å². The molecule has 1 aromatic carbocycles. The van der Waals surface area contributed by atoms with E-state index in [-0.39, 0.29) is 12.0 Å². The molecule has 0 radical (unpaired) electrons. The van der Waals surface area contributed by atoms with Gasteiger partial charge < -0.3 is 14.5 Å². The second kappa shape index (κ2) is 7.11. The molecule has 2 aromatic heterocycles. The fraction of sp³-hybridized carbons (Fsp3) is 0.368. The quantitative estimate of drug-likeness (QED) is 0.702. The second-order valence-electron chi connectivity index (χ2n) is 7.05. The van der Waals surface area contributed by atoms with Crippen molar-refractivity contribution in [3.8, 4) is 11.8 Å². The van der Waals surface area contributed by atoms with Crippen LogP contribution in [0.3, 0.4) is 0 Å². The molecule has 3 rings (SSSR count). The molecular weight excluding hydrogens is 332 g/mol. The Labute approximate surface area is 151 Å². The van der Waals surface area contributed by atoms with Crippen molar-refractivity contribution in [2.24, 2.45) is 0 Å². The molecule has 3 aromatic rings. The SMILES string of the molecule is Cc1nc2nc(Oc3cccc(CCC(=O)OC(C)(C)C)c3)ncc2[nH]1. The highest BCUT2D eigenvalue weighted by Crippen LogP contribution is 2.21. The van der Waals surface area contributed by atoms with Gasteiger partial charge in [0.25, 0.3) is 0 Å². The van der Waals surface area contributed by atoms with E-state index >= 15 is 0 Å². The summed E-state index contributed by atoms with van der Waals surface area (Å²) in [4.78, 5) is 27.7. The Morgan fingerprint density at radius 2 is 2.04 bits per heavy atom. The van der Waals surface area contributed by atoms with Gasteiger partial charge in [0.2, 0.25) is 0 Å². The Kier molecular flexibility index (Phi) is 4.88. The second-order valence-corrected chi connectivity index (χ2v) is 7.05. The van der Waals surface area contributed by atoms with Crippen LogP contribution in [0.5, 0.6) is 11.8 Å². The molecule has 0 unspecified atom stereocenters. The standard InChI is InChI=1S/C19H22N4O3/c1-12-21-15-11-20-18(23-17(15)22-12)25-14-7-5-6-13(10-14)8-9-16(24)26-19(2,3)4/h5-7,10-11H,8-9H2,1-4H3,(H,20,21,22,23). The molecule has 136 valence electrons. The van der Waals surface area contributed by atoms with E-state index in [0.717, 1.165) is 16.9 Å². The lowest BCUT2D eigenvalue weighted by molar-refractivity contribution is -0.154. The number of nitrogens with one attached hydrogen (secondary N) is 1. The van der Waals surface area contributed by atoms with Crippen LogP contribution in [0.25, 0.3) is 11.2 Å². The third-order valence-electron chi connectivity index (χ3n) is 3.48. The summed E-state index contributed by atoms with van der Waals surface area (Å²) in [7, 11) is 0. The molecule has 0 spiro atoms. The normalized spacial score (nSPS) is 11.5. The van der Waals surface area contributed by atoms with E-state index in [9.17, 15) is 4.79 Å². The number of aromatic amines is 1. The number of hydrogen-bond donors (Lipinski definition) is 1. The summed E-state index contributed by atoms with van der Waals surface area (Å²) in [6, 6.07) is 7.73. The van der Waals surface area contributed by atoms with E-state index in [4.69, 9.17) is 9.47 Å². The van der Waals surface area contributed by atoms with E-state index in [1.54, 1.807) is 6.20 Å². The first-order valence-corrected chi connectivity index (χ1v) is 8.46. The molecular formula is C19H22N4O3. The molecule has 0 saturated heterocycles. The van der Waals surface area contributed by atoms with Gasteiger partial charge in [-0.1, -0.05) is 12.1 Å². The predicted molar refractivity (Wildman–Crippen MR) is 97.1 cm³/mol. The molecule has 0 atom stereocenters. The molecule has 0 aliphatic rings. The van der Waals surface area contributed by atoms with Crippen LogP contribution in [0.4, 0.5) is 0 Å². The minimum Gasteiger partial charge on any atom is -0.460 e. The van der Waals surface area contributed by atoms with Gasteiger partial charge in [-0.3, -0.25) is 4.79 Å². The number of nitrogens with zero attached hydrogens (tertiary/aromatic N) is 3. The summed E-state index contributed by atoms with van der Waals surface area (Å²) in [5, 5.41) is 0. The zero-order valence-electron chi connectivity index (χ0n) is 15.4. The van der Waals surface area contributed by atoms with Crippen molar-refractivity contribution in [1.29, 1.82) is 0 Å². The van der Waals surface area contributed by atoms with E-state index in [0.29, 0.717) is 24.2 Å². The Bertz CT molecular complexity index is 928. The van der Waals surface area contributed by atoms with Crippen molar-refractivity contribution in [3.05, 3.63) is 41.9 Å². The Morgan fingerprint density at radius 3 is 2.81 bits per heavy atom. The fourth-order valence-corrected chi connectivity index (χ4v) is 2.47. The molecule has 0 bridgehead atoms. The maximum atomic E-state index is 11.9. The molecule has 0 amide bonds. The number of imidazole rings is 1. The summed E-state index contributed by atoms with van der Waals surface area (Å²) in [5.74, 6) is 1.17. The average molecular weight is 354 g/mol. The van der Waals surface area contributed by atoms with Gasteiger partial charge in [-0.2, -0.15) is 4.98 Å². The number of fused-ring (bicyclic) bond motifs is 1. The van der Waals surface area contributed by atoms with Crippen molar-refractivity contribution >= 4 is 17.1 Å². The molecule has 0 fully saturated rings. The predicted octanol–water partition coefficient (Wildman–Crippen LogP) is 3.73. The van der Waals surface area contributed by atoms with Crippen molar-refractivity contribution in [2.45, 2.75) is 46.1 Å². The highest BCUT2D eigenvalue weighted by atomic mass is 16.6. The van der Waals surface area contributed by atoms with Crippen molar-refractivity contribution in [2.75, 3.05) is 0 Å². The third-order valence-corrected chi connectivity index (χ3v) is 3.48. The molecule has 2 heterocycles. The molecule has 0 saturated carbocycles. The lowest BCUT2D eigenvalue weighted by atomic mass is 10.1. The van der Waals surface area contributed by atoms with E-state index in [2.05, 4.69) is 19.9 Å². The first-order chi connectivity index (χ1) is 12.3. The number of aromatic nitrogens is 4. The first-order valence-electron chi connectivity index (χ1n) is 8.46. The van der Waals surface area contributed by atoms with Gasteiger partial charge in [-0.15, -0.1) is 0 Å². The summed E-state index contributed by atoms with van der Waals surface area (Å²) >= 11 is 0. The minimum atomic E-state index is -0.470. The molecule has 26 heavy (non-hydrogen) atoms. The number of carbonyl (C=O) groups excluding carboxylic acids is 1. The number of carbonyl (C=O) groups is 1. The lowest BCUT2D eigenvalue weighted by Gasteiger charge is -2.19. The van der Waals surface area contributed by atoms with Gasteiger partial charge in [-0.05, 0) is 51.8 Å². The first kappa shape index (κ1) is 17.8. The number of aryl methyl sites for hydroxylation is 2. The van der Waals surface area contributed by atoms with Gasteiger partial charge in [-0.25, -0.2) is 9.97 Å². The third kappa shape index (κ3) is 4.78. The van der Waals surface area contributed by atoms with Crippen LogP contribution in [0, 0.1) is 6.92 Å². The molecule has 0 aliphatic heterocycles. The topological polar surface area (TPSA) is 90.0 Å². The van der Waals surface area contributed by atoms with Crippen LogP contribution in [0.2, 0.25) is 0 Å². The Balaban J connectivity index is 1.65. The number of rotatable bonds is 5. The van der Waals surface area contributed by atoms with Crippen molar-refractivity contribution in [3.63, 3.8) is 0 Å².